The summed E-state index contributed by atoms with van der Waals surface area (Å²) < 4.78 is 5.65. The zero-order valence-corrected chi connectivity index (χ0v) is 16.2. The molecule has 154 valence electrons. The van der Waals surface area contributed by atoms with Crippen LogP contribution in [0.15, 0.2) is 18.2 Å². The van der Waals surface area contributed by atoms with Crippen LogP contribution in [-0.2, 0) is 27.2 Å². The molecule has 6 heteroatoms. The van der Waals surface area contributed by atoms with Crippen molar-refractivity contribution in [3.8, 4) is 0 Å². The first-order chi connectivity index (χ1) is 13.5. The van der Waals surface area contributed by atoms with Gasteiger partial charge >= 0.3 is 5.97 Å². The number of rotatable bonds is 10. The maximum atomic E-state index is 12.4. The molecule has 1 saturated carbocycles. The third-order valence-electron chi connectivity index (χ3n) is 6.14. The van der Waals surface area contributed by atoms with Crippen LogP contribution in [0, 0.1) is 11.8 Å². The molecule has 0 spiro atoms. The Hall–Kier alpha value is -1.76. The Balaban J connectivity index is 1.52. The van der Waals surface area contributed by atoms with E-state index in [4.69, 9.17) is 9.84 Å². The van der Waals surface area contributed by atoms with Crippen LogP contribution in [0.25, 0.3) is 0 Å². The summed E-state index contributed by atoms with van der Waals surface area (Å²) in [5.41, 5.74) is 3.42. The van der Waals surface area contributed by atoms with Crippen molar-refractivity contribution in [2.75, 3.05) is 13.2 Å². The molecule has 1 fully saturated rings. The van der Waals surface area contributed by atoms with E-state index in [0.29, 0.717) is 32.5 Å². The Labute approximate surface area is 165 Å². The van der Waals surface area contributed by atoms with E-state index in [1.807, 2.05) is 12.1 Å². The summed E-state index contributed by atoms with van der Waals surface area (Å²) in [5.74, 6) is -1.12. The molecule has 0 heterocycles. The normalized spacial score (nSPS) is 26.6. The zero-order chi connectivity index (χ0) is 20.1. The van der Waals surface area contributed by atoms with Crippen LogP contribution in [0.3, 0.4) is 0 Å². The van der Waals surface area contributed by atoms with Crippen molar-refractivity contribution < 1.29 is 29.6 Å². The van der Waals surface area contributed by atoms with Gasteiger partial charge in [0, 0.05) is 31.3 Å². The summed E-state index contributed by atoms with van der Waals surface area (Å²) in [5, 5.41) is 29.0. The minimum absolute atomic E-state index is 0.0968. The molecule has 0 aliphatic heterocycles. The maximum absolute atomic E-state index is 12.4. The fourth-order valence-corrected chi connectivity index (χ4v) is 4.57. The number of carbonyl (C=O) groups excluding carboxylic acids is 1. The van der Waals surface area contributed by atoms with Gasteiger partial charge in [0.15, 0.2) is 0 Å². The summed E-state index contributed by atoms with van der Waals surface area (Å²) in [6, 6.07) is 6.01. The van der Waals surface area contributed by atoms with E-state index in [1.54, 1.807) is 0 Å². The number of Topliss-reactive ketones (excluding diaryl/α,β-unsaturated/α-hetero) is 1. The Kier molecular flexibility index (Phi) is 7.21. The highest BCUT2D eigenvalue weighted by Crippen LogP contribution is 2.36. The molecule has 0 amide bonds. The van der Waals surface area contributed by atoms with Crippen LogP contribution >= 0.6 is 0 Å². The van der Waals surface area contributed by atoms with E-state index in [1.165, 1.54) is 11.1 Å². The van der Waals surface area contributed by atoms with Crippen LogP contribution in [0.2, 0.25) is 0 Å². The van der Waals surface area contributed by atoms with Crippen molar-refractivity contribution in [3.05, 3.63) is 34.9 Å². The molecule has 2 aliphatic carbocycles. The quantitative estimate of drug-likeness (QED) is 0.530. The number of ketones is 1. The molecular formula is C22H30O6. The predicted octanol–water partition coefficient (Wildman–Crippen LogP) is 2.44. The summed E-state index contributed by atoms with van der Waals surface area (Å²) in [6.45, 7) is 0.776. The first-order valence-corrected chi connectivity index (χ1v) is 10.3. The largest absolute Gasteiger partial charge is 0.481 e. The van der Waals surface area contributed by atoms with Crippen LogP contribution in [-0.4, -0.2) is 46.4 Å². The highest BCUT2D eigenvalue weighted by molar-refractivity contribution is 5.84. The number of benzene rings is 1. The van der Waals surface area contributed by atoms with Crippen molar-refractivity contribution in [3.63, 3.8) is 0 Å². The van der Waals surface area contributed by atoms with Gasteiger partial charge < -0.3 is 20.1 Å². The second kappa shape index (κ2) is 9.63. The average Bonchev–Trinajstić information content (AvgIpc) is 3.16. The molecule has 3 rings (SSSR count). The second-order valence-corrected chi connectivity index (χ2v) is 8.01. The van der Waals surface area contributed by atoms with Crippen LogP contribution in [0.5, 0.6) is 0 Å². The Morgan fingerprint density at radius 3 is 2.82 bits per heavy atom. The Morgan fingerprint density at radius 2 is 2.04 bits per heavy atom. The Bertz CT molecular complexity index is 700. The number of aliphatic hydroxyl groups excluding tert-OH is 2. The lowest BCUT2D eigenvalue weighted by molar-refractivity contribution is -0.137. The molecule has 0 aromatic heterocycles. The third-order valence-corrected chi connectivity index (χ3v) is 6.14. The van der Waals surface area contributed by atoms with Crippen molar-refractivity contribution in [2.45, 2.75) is 63.6 Å². The van der Waals surface area contributed by atoms with Gasteiger partial charge in [-0.15, -0.1) is 0 Å². The monoisotopic (exact) mass is 390 g/mol. The molecule has 4 atom stereocenters. The van der Waals surface area contributed by atoms with Crippen molar-refractivity contribution in [1.29, 1.82) is 0 Å². The number of ether oxygens (including phenoxy) is 1. The van der Waals surface area contributed by atoms with Gasteiger partial charge in [0.2, 0.25) is 0 Å². The number of aliphatic hydroxyl groups is 2. The van der Waals surface area contributed by atoms with E-state index in [-0.39, 0.29) is 36.6 Å². The van der Waals surface area contributed by atoms with E-state index < -0.39 is 12.1 Å². The van der Waals surface area contributed by atoms with Crippen LogP contribution in [0.1, 0.15) is 61.3 Å². The number of hydrogen-bond acceptors (Lipinski definition) is 5. The van der Waals surface area contributed by atoms with E-state index in [9.17, 15) is 19.8 Å². The summed E-state index contributed by atoms with van der Waals surface area (Å²) >= 11 is 0. The molecular weight excluding hydrogens is 360 g/mol. The van der Waals surface area contributed by atoms with Crippen molar-refractivity contribution in [1.82, 2.24) is 0 Å². The lowest BCUT2D eigenvalue weighted by Crippen LogP contribution is -2.26. The molecule has 2 unspecified atom stereocenters. The molecule has 0 bridgehead atoms. The lowest BCUT2D eigenvalue weighted by atomic mass is 9.88. The number of carboxylic acids is 1. The number of aliphatic carboxylic acids is 1. The number of aryl methyl sites for hydroxylation is 1. The SMILES string of the molecule is O=C(O)CCCCOC[C@H]1C(O)CC(=O)[C@@H]1CCc1cccc2c1CCC2O. The Morgan fingerprint density at radius 1 is 1.21 bits per heavy atom. The van der Waals surface area contributed by atoms with Gasteiger partial charge in [0.05, 0.1) is 18.8 Å². The molecule has 28 heavy (non-hydrogen) atoms. The average molecular weight is 390 g/mol. The van der Waals surface area contributed by atoms with Crippen molar-refractivity contribution in [2.24, 2.45) is 11.8 Å². The standard InChI is InChI=1S/C22H30O6/c23-19-10-9-15-14(4-3-5-16(15)19)7-8-17-18(21(25)12-20(17)24)13-28-11-2-1-6-22(26)27/h3-5,17-19,21,23,25H,1-2,6-13H2,(H,26,27)/t17-,18-,19?,21?/m1/s1. The third kappa shape index (κ3) is 4.99. The fraction of sp³-hybridized carbons (Fsp3) is 0.636. The van der Waals surface area contributed by atoms with Crippen LogP contribution < -0.4 is 0 Å². The summed E-state index contributed by atoms with van der Waals surface area (Å²) in [7, 11) is 0. The van der Waals surface area contributed by atoms with E-state index in [0.717, 1.165) is 24.8 Å². The second-order valence-electron chi connectivity index (χ2n) is 8.01. The zero-order valence-electron chi connectivity index (χ0n) is 16.2. The smallest absolute Gasteiger partial charge is 0.303 e. The first kappa shape index (κ1) is 21.0. The van der Waals surface area contributed by atoms with Gasteiger partial charge in [0.25, 0.3) is 0 Å². The lowest BCUT2D eigenvalue weighted by Gasteiger charge is -2.21. The predicted molar refractivity (Wildman–Crippen MR) is 103 cm³/mol. The molecule has 6 nitrogen and oxygen atoms in total. The van der Waals surface area contributed by atoms with Gasteiger partial charge in [-0.05, 0) is 55.2 Å². The minimum atomic E-state index is -0.809. The topological polar surface area (TPSA) is 104 Å². The molecule has 2 aliphatic rings. The molecule has 1 aromatic rings. The molecule has 3 N–H and O–H groups in total. The number of hydrogen-bond donors (Lipinski definition) is 3. The maximum Gasteiger partial charge on any atom is 0.303 e. The molecule has 0 saturated heterocycles. The summed E-state index contributed by atoms with van der Waals surface area (Å²) in [4.78, 5) is 22.9. The van der Waals surface area contributed by atoms with Crippen molar-refractivity contribution >= 4 is 11.8 Å². The number of fused-ring (bicyclic) bond motifs is 1. The van der Waals surface area contributed by atoms with Crippen LogP contribution in [0.4, 0.5) is 0 Å². The van der Waals surface area contributed by atoms with E-state index in [2.05, 4.69) is 6.07 Å². The van der Waals surface area contributed by atoms with Gasteiger partial charge in [-0.3, -0.25) is 9.59 Å². The number of carbonyl (C=O) groups is 2. The molecule has 0 radical (unpaired) electrons. The highest BCUT2D eigenvalue weighted by atomic mass is 16.5. The number of carboxylic acid groups (broad SMARTS) is 1. The van der Waals surface area contributed by atoms with Gasteiger partial charge in [0.1, 0.15) is 5.78 Å². The first-order valence-electron chi connectivity index (χ1n) is 10.3. The fourth-order valence-electron chi connectivity index (χ4n) is 4.57. The van der Waals surface area contributed by atoms with Gasteiger partial charge in [-0.25, -0.2) is 0 Å². The van der Waals surface area contributed by atoms with Gasteiger partial charge in [-0.1, -0.05) is 18.2 Å². The van der Waals surface area contributed by atoms with Gasteiger partial charge in [-0.2, -0.15) is 0 Å². The summed E-state index contributed by atoms with van der Waals surface area (Å²) in [6.07, 6.45) is 3.55. The van der Waals surface area contributed by atoms with E-state index >= 15 is 0 Å². The molecule has 1 aromatic carbocycles. The highest BCUT2D eigenvalue weighted by Gasteiger charge is 2.41. The number of unbranched alkanes of at least 4 members (excludes halogenated alkanes) is 1. The minimum Gasteiger partial charge on any atom is -0.481 e.